The molecule has 26 heavy (non-hydrogen) atoms. The van der Waals surface area contributed by atoms with Crippen LogP contribution >= 0.6 is 0 Å². The quantitative estimate of drug-likeness (QED) is 0.694. The summed E-state index contributed by atoms with van der Waals surface area (Å²) in [5.41, 5.74) is 2.64. The summed E-state index contributed by atoms with van der Waals surface area (Å²) in [7, 11) is -2.26. The van der Waals surface area contributed by atoms with Gasteiger partial charge in [0.2, 0.25) is 0 Å². The zero-order valence-electron chi connectivity index (χ0n) is 15.2. The number of hydrogen-bond acceptors (Lipinski definition) is 4. The van der Waals surface area contributed by atoms with E-state index in [1.165, 1.54) is 12.1 Å². The van der Waals surface area contributed by atoms with Crippen molar-refractivity contribution in [1.82, 2.24) is 5.32 Å². The van der Waals surface area contributed by atoms with Gasteiger partial charge in [-0.05, 0) is 42.7 Å². The van der Waals surface area contributed by atoms with Crippen molar-refractivity contribution >= 4 is 21.6 Å². The lowest BCUT2D eigenvalue weighted by atomic mass is 10.1. The molecule has 2 aromatic rings. The minimum atomic E-state index is -3.80. The van der Waals surface area contributed by atoms with Crippen molar-refractivity contribution in [2.45, 2.75) is 25.2 Å². The molecule has 0 radical (unpaired) electrons. The van der Waals surface area contributed by atoms with Crippen LogP contribution in [-0.2, 0) is 21.2 Å². The molecule has 0 saturated heterocycles. The number of methoxy groups -OCH3 is 1. The second kappa shape index (κ2) is 8.82. The Morgan fingerprint density at radius 1 is 1.15 bits per heavy atom. The Balaban J connectivity index is 2.27. The standard InChI is InChI=1S/C19H24N2O4S/c1-4-15-8-5-7-14(2)18(15)21-26(23,24)17-10-6-9-16(13-17)19(22)20-11-12-25-3/h5-10,13,21H,4,11-12H2,1-3H3,(H,20,22). The Labute approximate surface area is 154 Å². The number of amides is 1. The topological polar surface area (TPSA) is 84.5 Å². The molecule has 0 aromatic heterocycles. The number of ether oxygens (including phenoxy) is 1. The first kappa shape index (κ1) is 19.9. The molecule has 0 aliphatic heterocycles. The number of carbonyl (C=O) groups excluding carboxylic acids is 1. The SMILES string of the molecule is CCc1cccc(C)c1NS(=O)(=O)c1cccc(C(=O)NCCOC)c1. The molecule has 0 unspecified atom stereocenters. The van der Waals surface area contributed by atoms with Gasteiger partial charge in [0.1, 0.15) is 0 Å². The minimum absolute atomic E-state index is 0.0437. The number of sulfonamides is 1. The first-order valence-electron chi connectivity index (χ1n) is 8.37. The maximum absolute atomic E-state index is 12.8. The molecule has 0 bridgehead atoms. The van der Waals surface area contributed by atoms with E-state index >= 15 is 0 Å². The molecule has 2 N–H and O–H groups in total. The van der Waals surface area contributed by atoms with Gasteiger partial charge in [-0.3, -0.25) is 9.52 Å². The molecule has 0 aliphatic carbocycles. The van der Waals surface area contributed by atoms with E-state index in [2.05, 4.69) is 10.0 Å². The van der Waals surface area contributed by atoms with Crippen LogP contribution in [0.15, 0.2) is 47.4 Å². The number of nitrogens with one attached hydrogen (secondary N) is 2. The fraction of sp³-hybridized carbons (Fsp3) is 0.316. The van der Waals surface area contributed by atoms with Gasteiger partial charge in [-0.25, -0.2) is 8.42 Å². The highest BCUT2D eigenvalue weighted by molar-refractivity contribution is 7.92. The van der Waals surface area contributed by atoms with Gasteiger partial charge in [-0.2, -0.15) is 0 Å². The smallest absolute Gasteiger partial charge is 0.261 e. The Hall–Kier alpha value is -2.38. The molecule has 6 nitrogen and oxygen atoms in total. The van der Waals surface area contributed by atoms with Gasteiger partial charge in [0.05, 0.1) is 17.2 Å². The van der Waals surface area contributed by atoms with Crippen molar-refractivity contribution in [3.63, 3.8) is 0 Å². The molecule has 140 valence electrons. The second-order valence-electron chi connectivity index (χ2n) is 5.84. The monoisotopic (exact) mass is 376 g/mol. The average Bonchev–Trinajstić information content (AvgIpc) is 2.63. The predicted octanol–water partition coefficient (Wildman–Crippen LogP) is 2.73. The normalized spacial score (nSPS) is 11.2. The summed E-state index contributed by atoms with van der Waals surface area (Å²) in [6.45, 7) is 4.57. The Bertz CT molecular complexity index is 879. The Kier molecular flexibility index (Phi) is 6.76. The highest BCUT2D eigenvalue weighted by Gasteiger charge is 2.18. The first-order valence-corrected chi connectivity index (χ1v) is 9.86. The van der Waals surface area contributed by atoms with Crippen molar-refractivity contribution in [2.24, 2.45) is 0 Å². The van der Waals surface area contributed by atoms with E-state index in [0.717, 1.165) is 11.1 Å². The average molecular weight is 376 g/mol. The van der Waals surface area contributed by atoms with Crippen LogP contribution in [0.2, 0.25) is 0 Å². The lowest BCUT2D eigenvalue weighted by molar-refractivity contribution is 0.0937. The van der Waals surface area contributed by atoms with Gasteiger partial charge in [-0.1, -0.05) is 31.2 Å². The van der Waals surface area contributed by atoms with Crippen LogP contribution in [0.1, 0.15) is 28.4 Å². The van der Waals surface area contributed by atoms with Crippen molar-refractivity contribution in [3.05, 3.63) is 59.2 Å². The van der Waals surface area contributed by atoms with Gasteiger partial charge in [0.15, 0.2) is 0 Å². The summed E-state index contributed by atoms with van der Waals surface area (Å²) in [6.07, 6.45) is 0.710. The molecule has 7 heteroatoms. The summed E-state index contributed by atoms with van der Waals surface area (Å²) < 4.78 is 33.1. The minimum Gasteiger partial charge on any atom is -0.383 e. The highest BCUT2D eigenvalue weighted by atomic mass is 32.2. The number of anilines is 1. The number of benzene rings is 2. The molecule has 0 atom stereocenters. The molecule has 0 heterocycles. The molecule has 0 saturated carbocycles. The van der Waals surface area contributed by atoms with Crippen molar-refractivity contribution in [1.29, 1.82) is 0 Å². The van der Waals surface area contributed by atoms with Gasteiger partial charge in [0.25, 0.3) is 15.9 Å². The van der Waals surface area contributed by atoms with Crippen LogP contribution in [0.5, 0.6) is 0 Å². The summed E-state index contributed by atoms with van der Waals surface area (Å²) in [6, 6.07) is 11.6. The summed E-state index contributed by atoms with van der Waals surface area (Å²) in [5.74, 6) is -0.343. The zero-order valence-corrected chi connectivity index (χ0v) is 16.0. The lowest BCUT2D eigenvalue weighted by Gasteiger charge is -2.15. The van der Waals surface area contributed by atoms with Gasteiger partial charge in [0, 0.05) is 19.2 Å². The fourth-order valence-corrected chi connectivity index (χ4v) is 3.75. The van der Waals surface area contributed by atoms with E-state index in [-0.39, 0.29) is 16.4 Å². The maximum atomic E-state index is 12.8. The molecular formula is C19H24N2O4S. The van der Waals surface area contributed by atoms with Gasteiger partial charge in [-0.15, -0.1) is 0 Å². The van der Waals surface area contributed by atoms with E-state index in [4.69, 9.17) is 4.74 Å². The molecule has 2 rings (SSSR count). The molecule has 2 aromatic carbocycles. The highest BCUT2D eigenvalue weighted by Crippen LogP contribution is 2.25. The van der Waals surface area contributed by atoms with Crippen molar-refractivity contribution in [3.8, 4) is 0 Å². The first-order chi connectivity index (χ1) is 12.4. The Morgan fingerprint density at radius 2 is 1.88 bits per heavy atom. The van der Waals surface area contributed by atoms with E-state index in [9.17, 15) is 13.2 Å². The van der Waals surface area contributed by atoms with E-state index in [0.29, 0.717) is 25.3 Å². The summed E-state index contributed by atoms with van der Waals surface area (Å²) >= 11 is 0. The van der Waals surface area contributed by atoms with E-state index in [1.807, 2.05) is 32.0 Å². The largest absolute Gasteiger partial charge is 0.383 e. The molecule has 0 spiro atoms. The number of rotatable bonds is 8. The number of aryl methyl sites for hydroxylation is 2. The van der Waals surface area contributed by atoms with Crippen LogP contribution in [0.3, 0.4) is 0 Å². The zero-order chi connectivity index (χ0) is 19.2. The van der Waals surface area contributed by atoms with Crippen LogP contribution < -0.4 is 10.0 Å². The molecule has 1 amide bonds. The van der Waals surface area contributed by atoms with Crippen molar-refractivity contribution < 1.29 is 17.9 Å². The predicted molar refractivity (Wildman–Crippen MR) is 102 cm³/mol. The number of hydrogen-bond donors (Lipinski definition) is 2. The van der Waals surface area contributed by atoms with Crippen LogP contribution in [-0.4, -0.2) is 34.6 Å². The number of para-hydroxylation sites is 1. The summed E-state index contributed by atoms with van der Waals surface area (Å²) in [5, 5.41) is 2.68. The lowest BCUT2D eigenvalue weighted by Crippen LogP contribution is -2.27. The van der Waals surface area contributed by atoms with E-state index in [1.54, 1.807) is 19.2 Å². The third-order valence-electron chi connectivity index (χ3n) is 3.97. The van der Waals surface area contributed by atoms with Crippen LogP contribution in [0.4, 0.5) is 5.69 Å². The van der Waals surface area contributed by atoms with Crippen LogP contribution in [0, 0.1) is 6.92 Å². The van der Waals surface area contributed by atoms with Gasteiger partial charge < -0.3 is 10.1 Å². The molecule has 0 fully saturated rings. The van der Waals surface area contributed by atoms with Crippen LogP contribution in [0.25, 0.3) is 0 Å². The van der Waals surface area contributed by atoms with E-state index < -0.39 is 10.0 Å². The Morgan fingerprint density at radius 3 is 2.58 bits per heavy atom. The third-order valence-corrected chi connectivity index (χ3v) is 5.32. The number of carbonyl (C=O) groups is 1. The second-order valence-corrected chi connectivity index (χ2v) is 7.53. The maximum Gasteiger partial charge on any atom is 0.261 e. The molecule has 0 aliphatic rings. The summed E-state index contributed by atoms with van der Waals surface area (Å²) in [4.78, 5) is 12.2. The fourth-order valence-electron chi connectivity index (χ4n) is 2.54. The van der Waals surface area contributed by atoms with Crippen molar-refractivity contribution in [2.75, 3.05) is 25.0 Å². The third kappa shape index (κ3) is 4.83. The van der Waals surface area contributed by atoms with Gasteiger partial charge >= 0.3 is 0 Å². The molecular weight excluding hydrogens is 352 g/mol.